The summed E-state index contributed by atoms with van der Waals surface area (Å²) in [5.74, 6) is 0. The molecule has 0 amide bonds. The predicted octanol–water partition coefficient (Wildman–Crippen LogP) is 1.96. The molecule has 1 aromatic carbocycles. The van der Waals surface area contributed by atoms with E-state index in [1.807, 2.05) is 13.8 Å². The van der Waals surface area contributed by atoms with Gasteiger partial charge in [-0.3, -0.25) is 0 Å². The van der Waals surface area contributed by atoms with Gasteiger partial charge < -0.3 is 10.8 Å². The highest BCUT2D eigenvalue weighted by Gasteiger charge is 2.29. The minimum atomic E-state index is -3.65. The second kappa shape index (κ2) is 6.77. The molecule has 120 valence electrons. The van der Waals surface area contributed by atoms with Gasteiger partial charge in [0.05, 0.1) is 4.90 Å². The minimum Gasteiger partial charge on any atom is -0.398 e. The summed E-state index contributed by atoms with van der Waals surface area (Å²) in [7, 11) is -3.65. The third kappa shape index (κ3) is 3.75. The zero-order chi connectivity index (χ0) is 16.3. The van der Waals surface area contributed by atoms with Gasteiger partial charge in [-0.05, 0) is 43.9 Å². The summed E-state index contributed by atoms with van der Waals surface area (Å²) < 4.78 is 27.8. The molecule has 0 spiro atoms. The van der Waals surface area contributed by atoms with E-state index in [-0.39, 0.29) is 18.0 Å². The molecule has 0 aliphatic carbocycles. The van der Waals surface area contributed by atoms with Crippen LogP contribution >= 0.6 is 0 Å². The molecule has 6 heteroatoms. The number of benzene rings is 1. The molecule has 0 radical (unpaired) electrons. The van der Waals surface area contributed by atoms with Crippen LogP contribution < -0.4 is 10.5 Å². The molecule has 4 N–H and O–H groups in total. The first-order chi connectivity index (χ1) is 9.73. The van der Waals surface area contributed by atoms with E-state index in [4.69, 9.17) is 5.73 Å². The highest BCUT2D eigenvalue weighted by atomic mass is 32.2. The summed E-state index contributed by atoms with van der Waals surface area (Å²) in [5.41, 5.74) is 7.08. The molecule has 0 atom stereocenters. The monoisotopic (exact) mass is 314 g/mol. The second-order valence-electron chi connectivity index (χ2n) is 5.62. The van der Waals surface area contributed by atoms with Crippen LogP contribution in [0.3, 0.4) is 0 Å². The summed E-state index contributed by atoms with van der Waals surface area (Å²) in [6.45, 7) is 7.52. The molecule has 0 aromatic heterocycles. The van der Waals surface area contributed by atoms with Gasteiger partial charge in [0.1, 0.15) is 0 Å². The number of aliphatic hydroxyl groups is 1. The van der Waals surface area contributed by atoms with Gasteiger partial charge in [0.25, 0.3) is 0 Å². The molecule has 1 rings (SSSR count). The van der Waals surface area contributed by atoms with E-state index in [0.29, 0.717) is 29.7 Å². The predicted molar refractivity (Wildman–Crippen MR) is 85.6 cm³/mol. The zero-order valence-electron chi connectivity index (χ0n) is 13.2. The van der Waals surface area contributed by atoms with Crippen LogP contribution in [0.5, 0.6) is 0 Å². The number of aliphatic hydroxyl groups excluding tert-OH is 1. The third-order valence-electron chi connectivity index (χ3n) is 4.39. The molecular weight excluding hydrogens is 288 g/mol. The lowest BCUT2D eigenvalue weighted by molar-refractivity contribution is 0.119. The fraction of sp³-hybridized carbons (Fsp3) is 0.600. The van der Waals surface area contributed by atoms with Crippen LogP contribution in [0.15, 0.2) is 17.0 Å². The van der Waals surface area contributed by atoms with Gasteiger partial charge in [-0.25, -0.2) is 13.1 Å². The molecule has 0 unspecified atom stereocenters. The number of nitrogen functional groups attached to an aromatic ring is 1. The summed E-state index contributed by atoms with van der Waals surface area (Å²) in [5, 5.41) is 9.54. The number of hydrogen-bond acceptors (Lipinski definition) is 4. The molecule has 5 nitrogen and oxygen atoms in total. The normalized spacial score (nSPS) is 12.6. The van der Waals surface area contributed by atoms with Crippen molar-refractivity contribution in [1.82, 2.24) is 4.72 Å². The van der Waals surface area contributed by atoms with E-state index >= 15 is 0 Å². The minimum absolute atomic E-state index is 0.0442. The fourth-order valence-corrected chi connectivity index (χ4v) is 4.01. The van der Waals surface area contributed by atoms with E-state index in [1.54, 1.807) is 26.0 Å². The van der Waals surface area contributed by atoms with Crippen molar-refractivity contribution in [3.8, 4) is 0 Å². The summed E-state index contributed by atoms with van der Waals surface area (Å²) in [6, 6.07) is 3.41. The van der Waals surface area contributed by atoms with Crippen LogP contribution in [-0.4, -0.2) is 26.7 Å². The van der Waals surface area contributed by atoms with Crippen LogP contribution in [0.4, 0.5) is 5.69 Å². The SMILES string of the molecule is CCC(CC)(CO)CNS(=O)(=O)c1c(C)ccc(N)c1C. The van der Waals surface area contributed by atoms with Gasteiger partial charge in [0.15, 0.2) is 0 Å². The highest BCUT2D eigenvalue weighted by Crippen LogP contribution is 2.28. The molecule has 21 heavy (non-hydrogen) atoms. The maximum absolute atomic E-state index is 12.6. The van der Waals surface area contributed by atoms with Gasteiger partial charge >= 0.3 is 0 Å². The summed E-state index contributed by atoms with van der Waals surface area (Å²) in [6.07, 6.45) is 1.41. The van der Waals surface area contributed by atoms with Crippen LogP contribution in [0, 0.1) is 19.3 Å². The van der Waals surface area contributed by atoms with Gasteiger partial charge in [0.2, 0.25) is 10.0 Å². The van der Waals surface area contributed by atoms with E-state index in [2.05, 4.69) is 4.72 Å². The fourth-order valence-electron chi connectivity index (χ4n) is 2.36. The quantitative estimate of drug-likeness (QED) is 0.671. The maximum atomic E-state index is 12.6. The van der Waals surface area contributed by atoms with Crippen molar-refractivity contribution in [2.45, 2.75) is 45.4 Å². The van der Waals surface area contributed by atoms with Gasteiger partial charge in [-0.15, -0.1) is 0 Å². The topological polar surface area (TPSA) is 92.4 Å². The molecule has 0 fully saturated rings. The molecule has 0 aliphatic rings. The molecule has 0 saturated carbocycles. The molecular formula is C15H26N2O3S. The van der Waals surface area contributed by atoms with Crippen molar-refractivity contribution >= 4 is 15.7 Å². The van der Waals surface area contributed by atoms with Crippen molar-refractivity contribution in [3.05, 3.63) is 23.3 Å². The lowest BCUT2D eigenvalue weighted by Crippen LogP contribution is -2.39. The average molecular weight is 314 g/mol. The molecule has 1 aromatic rings. The van der Waals surface area contributed by atoms with Crippen molar-refractivity contribution in [3.63, 3.8) is 0 Å². The van der Waals surface area contributed by atoms with Gasteiger partial charge in [0, 0.05) is 24.3 Å². The molecule has 0 bridgehead atoms. The smallest absolute Gasteiger partial charge is 0.241 e. The van der Waals surface area contributed by atoms with E-state index in [9.17, 15) is 13.5 Å². The Balaban J connectivity index is 3.12. The average Bonchev–Trinajstić information content (AvgIpc) is 2.45. The lowest BCUT2D eigenvalue weighted by Gasteiger charge is -2.29. The molecule has 0 saturated heterocycles. The molecule has 0 heterocycles. The van der Waals surface area contributed by atoms with E-state index in [1.165, 1.54) is 0 Å². The van der Waals surface area contributed by atoms with Gasteiger partial charge in [-0.2, -0.15) is 0 Å². The number of sulfonamides is 1. The first-order valence-electron chi connectivity index (χ1n) is 7.19. The number of aryl methyl sites for hydroxylation is 1. The van der Waals surface area contributed by atoms with Gasteiger partial charge in [-0.1, -0.05) is 19.9 Å². The van der Waals surface area contributed by atoms with Crippen molar-refractivity contribution in [2.75, 3.05) is 18.9 Å². The van der Waals surface area contributed by atoms with Crippen molar-refractivity contribution in [1.29, 1.82) is 0 Å². The van der Waals surface area contributed by atoms with Crippen LogP contribution in [0.2, 0.25) is 0 Å². The Bertz CT molecular complexity index is 585. The van der Waals surface area contributed by atoms with Crippen molar-refractivity contribution < 1.29 is 13.5 Å². The number of hydrogen-bond donors (Lipinski definition) is 3. The number of nitrogens with two attached hydrogens (primary N) is 1. The summed E-state index contributed by atoms with van der Waals surface area (Å²) >= 11 is 0. The number of rotatable bonds is 7. The first kappa shape index (κ1) is 17.9. The Kier molecular flexibility index (Phi) is 5.78. The van der Waals surface area contributed by atoms with Crippen LogP contribution in [0.1, 0.15) is 37.8 Å². The Hall–Kier alpha value is -1.11. The standard InChI is InChI=1S/C15H26N2O3S/c1-5-15(6-2,10-18)9-17-21(19,20)14-11(3)7-8-13(16)12(14)4/h7-8,17-18H,5-6,9-10,16H2,1-4H3. The molecule has 0 aliphatic heterocycles. The lowest BCUT2D eigenvalue weighted by atomic mass is 9.84. The number of anilines is 1. The Morgan fingerprint density at radius 1 is 1.24 bits per heavy atom. The largest absolute Gasteiger partial charge is 0.398 e. The second-order valence-corrected chi connectivity index (χ2v) is 7.32. The van der Waals surface area contributed by atoms with Crippen LogP contribution in [-0.2, 0) is 10.0 Å². The van der Waals surface area contributed by atoms with Crippen molar-refractivity contribution in [2.24, 2.45) is 5.41 Å². The Morgan fingerprint density at radius 3 is 2.29 bits per heavy atom. The third-order valence-corrected chi connectivity index (χ3v) is 6.08. The summed E-state index contributed by atoms with van der Waals surface area (Å²) in [4.78, 5) is 0.238. The zero-order valence-corrected chi connectivity index (χ0v) is 14.0. The number of nitrogens with one attached hydrogen (secondary N) is 1. The Morgan fingerprint density at radius 2 is 1.81 bits per heavy atom. The first-order valence-corrected chi connectivity index (χ1v) is 8.67. The Labute approximate surface area is 127 Å². The van der Waals surface area contributed by atoms with E-state index in [0.717, 1.165) is 0 Å². The maximum Gasteiger partial charge on any atom is 0.241 e. The van der Waals surface area contributed by atoms with Crippen LogP contribution in [0.25, 0.3) is 0 Å². The highest BCUT2D eigenvalue weighted by molar-refractivity contribution is 7.89. The van der Waals surface area contributed by atoms with E-state index < -0.39 is 15.4 Å².